The quantitative estimate of drug-likeness (QED) is 0.818. The molecule has 0 spiro atoms. The van der Waals surface area contributed by atoms with Crippen LogP contribution in [-0.4, -0.2) is 41.3 Å². The number of aromatic nitrogens is 1. The molecule has 3 rings (SSSR count). The summed E-state index contributed by atoms with van der Waals surface area (Å²) in [5.41, 5.74) is 0.635. The van der Waals surface area contributed by atoms with Crippen LogP contribution >= 0.6 is 22.9 Å². The summed E-state index contributed by atoms with van der Waals surface area (Å²) in [6.45, 7) is 3.63. The Bertz CT molecular complexity index is 785. The molecule has 2 amide bonds. The van der Waals surface area contributed by atoms with E-state index in [0.717, 1.165) is 25.9 Å². The molecule has 1 N–H and O–H groups in total. The minimum absolute atomic E-state index is 0.0206. The summed E-state index contributed by atoms with van der Waals surface area (Å²) in [5.74, 6) is 0.374. The molecule has 0 bridgehead atoms. The highest BCUT2D eigenvalue weighted by Crippen LogP contribution is 2.21. The highest BCUT2D eigenvalue weighted by atomic mass is 35.5. The Morgan fingerprint density at radius 3 is 2.65 bits per heavy atom. The second kappa shape index (κ2) is 8.51. The van der Waals surface area contributed by atoms with E-state index in [1.54, 1.807) is 36.1 Å². The van der Waals surface area contributed by atoms with E-state index >= 15 is 0 Å². The number of hydrogen-bond donors (Lipinski definition) is 1. The average molecular weight is 394 g/mol. The summed E-state index contributed by atoms with van der Waals surface area (Å²) in [6.07, 6.45) is 2.06. The lowest BCUT2D eigenvalue weighted by Gasteiger charge is -2.15. The maximum Gasteiger partial charge on any atom is 0.263 e. The number of aryl methyl sites for hydroxylation is 1. The molecule has 0 aliphatic carbocycles. The molecule has 1 fully saturated rings. The largest absolute Gasteiger partial charge is 0.486 e. The van der Waals surface area contributed by atoms with Gasteiger partial charge in [0.05, 0.1) is 12.2 Å². The second-order valence-electron chi connectivity index (χ2n) is 6.04. The predicted octanol–water partition coefficient (Wildman–Crippen LogP) is 3.04. The van der Waals surface area contributed by atoms with Crippen molar-refractivity contribution >= 4 is 34.8 Å². The van der Waals surface area contributed by atoms with Gasteiger partial charge in [0, 0.05) is 18.1 Å². The van der Waals surface area contributed by atoms with Gasteiger partial charge >= 0.3 is 0 Å². The van der Waals surface area contributed by atoms with Crippen molar-refractivity contribution in [1.82, 2.24) is 15.2 Å². The van der Waals surface area contributed by atoms with Crippen LogP contribution in [0.25, 0.3) is 0 Å². The van der Waals surface area contributed by atoms with Crippen LogP contribution in [0.1, 0.15) is 33.2 Å². The standard InChI is InChI=1S/C18H20ClN3O3S/c1-12-17(18(24)20-10-16(23)22-8-2-3-9-22)26-15(21-12)11-25-14-6-4-13(19)5-7-14/h4-7H,2-3,8-11H2,1H3,(H,20,24). The Hall–Kier alpha value is -2.12. The number of amides is 2. The molecule has 1 aromatic carbocycles. The molecule has 0 unspecified atom stereocenters. The van der Waals surface area contributed by atoms with Crippen molar-refractivity contribution in [3.8, 4) is 5.75 Å². The molecule has 1 aromatic heterocycles. The molecule has 1 saturated heterocycles. The van der Waals surface area contributed by atoms with Crippen molar-refractivity contribution in [2.45, 2.75) is 26.4 Å². The van der Waals surface area contributed by atoms with Crippen LogP contribution in [0, 0.1) is 6.92 Å². The molecule has 0 saturated carbocycles. The Balaban J connectivity index is 1.53. The van der Waals surface area contributed by atoms with Gasteiger partial charge in [-0.1, -0.05) is 11.6 Å². The number of halogens is 1. The van der Waals surface area contributed by atoms with E-state index < -0.39 is 0 Å². The van der Waals surface area contributed by atoms with Crippen LogP contribution in [0.4, 0.5) is 0 Å². The van der Waals surface area contributed by atoms with Crippen molar-refractivity contribution < 1.29 is 14.3 Å². The number of nitrogens with zero attached hydrogens (tertiary/aromatic N) is 2. The summed E-state index contributed by atoms with van der Waals surface area (Å²) < 4.78 is 5.66. The fourth-order valence-electron chi connectivity index (χ4n) is 2.72. The minimum Gasteiger partial charge on any atom is -0.486 e. The van der Waals surface area contributed by atoms with E-state index in [0.29, 0.717) is 26.4 Å². The number of ether oxygens (including phenoxy) is 1. The fourth-order valence-corrected chi connectivity index (χ4v) is 3.74. The van der Waals surface area contributed by atoms with Crippen molar-refractivity contribution in [2.24, 2.45) is 0 Å². The Labute approximate surface area is 161 Å². The number of thiazole rings is 1. The monoisotopic (exact) mass is 393 g/mol. The van der Waals surface area contributed by atoms with Crippen molar-refractivity contribution in [1.29, 1.82) is 0 Å². The van der Waals surface area contributed by atoms with Gasteiger partial charge in [0.2, 0.25) is 5.91 Å². The number of benzene rings is 1. The summed E-state index contributed by atoms with van der Waals surface area (Å²) in [5, 5.41) is 4.04. The third-order valence-corrected chi connectivity index (χ3v) is 5.46. The first-order chi connectivity index (χ1) is 12.5. The molecule has 1 aliphatic heterocycles. The SMILES string of the molecule is Cc1nc(COc2ccc(Cl)cc2)sc1C(=O)NCC(=O)N1CCCC1. The predicted molar refractivity (Wildman–Crippen MR) is 101 cm³/mol. The Morgan fingerprint density at radius 1 is 1.27 bits per heavy atom. The third kappa shape index (κ3) is 4.74. The molecule has 138 valence electrons. The zero-order chi connectivity index (χ0) is 18.5. The number of rotatable bonds is 6. The van der Waals surface area contributed by atoms with E-state index in [2.05, 4.69) is 10.3 Å². The van der Waals surface area contributed by atoms with Gasteiger partial charge in [-0.15, -0.1) is 11.3 Å². The van der Waals surface area contributed by atoms with E-state index in [1.165, 1.54) is 11.3 Å². The topological polar surface area (TPSA) is 71.5 Å². The highest BCUT2D eigenvalue weighted by molar-refractivity contribution is 7.13. The lowest BCUT2D eigenvalue weighted by atomic mass is 10.3. The summed E-state index contributed by atoms with van der Waals surface area (Å²) in [7, 11) is 0. The number of likely N-dealkylation sites (tertiary alicyclic amines) is 1. The molecule has 2 heterocycles. The van der Waals surface area contributed by atoms with E-state index in [-0.39, 0.29) is 25.0 Å². The Kier molecular flexibility index (Phi) is 6.11. The van der Waals surface area contributed by atoms with E-state index in [4.69, 9.17) is 16.3 Å². The second-order valence-corrected chi connectivity index (χ2v) is 7.56. The molecule has 0 radical (unpaired) electrons. The van der Waals surface area contributed by atoms with Crippen LogP contribution in [0.3, 0.4) is 0 Å². The molecule has 6 nitrogen and oxygen atoms in total. The number of carbonyl (C=O) groups excluding carboxylic acids is 2. The number of nitrogens with one attached hydrogen (secondary N) is 1. The van der Waals surface area contributed by atoms with Crippen LogP contribution in [0.15, 0.2) is 24.3 Å². The van der Waals surface area contributed by atoms with E-state index in [1.807, 2.05) is 0 Å². The highest BCUT2D eigenvalue weighted by Gasteiger charge is 2.20. The van der Waals surface area contributed by atoms with Crippen molar-refractivity contribution in [3.63, 3.8) is 0 Å². The zero-order valence-electron chi connectivity index (χ0n) is 14.5. The molecule has 2 aromatic rings. The average Bonchev–Trinajstić information content (AvgIpc) is 3.29. The van der Waals surface area contributed by atoms with Gasteiger partial charge in [-0.25, -0.2) is 4.98 Å². The summed E-state index contributed by atoms with van der Waals surface area (Å²) >= 11 is 7.12. The van der Waals surface area contributed by atoms with Crippen molar-refractivity contribution in [2.75, 3.05) is 19.6 Å². The molecule has 1 aliphatic rings. The third-order valence-electron chi connectivity index (χ3n) is 4.08. The van der Waals surface area contributed by atoms with Crippen LogP contribution in [0.2, 0.25) is 5.02 Å². The van der Waals surface area contributed by atoms with Gasteiger partial charge < -0.3 is 15.0 Å². The minimum atomic E-state index is -0.273. The number of hydrogen-bond acceptors (Lipinski definition) is 5. The van der Waals surface area contributed by atoms with Crippen LogP contribution in [0.5, 0.6) is 5.75 Å². The Morgan fingerprint density at radius 2 is 1.96 bits per heavy atom. The lowest BCUT2D eigenvalue weighted by Crippen LogP contribution is -2.38. The van der Waals surface area contributed by atoms with Gasteiger partial charge in [-0.3, -0.25) is 9.59 Å². The van der Waals surface area contributed by atoms with Gasteiger partial charge in [0.1, 0.15) is 22.2 Å². The fraction of sp³-hybridized carbons (Fsp3) is 0.389. The van der Waals surface area contributed by atoms with E-state index in [9.17, 15) is 9.59 Å². The first kappa shape index (κ1) is 18.7. The molecular weight excluding hydrogens is 374 g/mol. The van der Waals surface area contributed by atoms with Gasteiger partial charge in [0.15, 0.2) is 0 Å². The summed E-state index contributed by atoms with van der Waals surface area (Å²) in [6, 6.07) is 7.06. The maximum absolute atomic E-state index is 12.3. The van der Waals surface area contributed by atoms with Gasteiger partial charge in [0.25, 0.3) is 5.91 Å². The van der Waals surface area contributed by atoms with Gasteiger partial charge in [-0.2, -0.15) is 0 Å². The van der Waals surface area contributed by atoms with Crippen LogP contribution in [-0.2, 0) is 11.4 Å². The zero-order valence-corrected chi connectivity index (χ0v) is 16.0. The van der Waals surface area contributed by atoms with Gasteiger partial charge in [-0.05, 0) is 44.0 Å². The lowest BCUT2D eigenvalue weighted by molar-refractivity contribution is -0.129. The normalized spacial score (nSPS) is 13.7. The van der Waals surface area contributed by atoms with Crippen LogP contribution < -0.4 is 10.1 Å². The molecule has 0 atom stereocenters. The van der Waals surface area contributed by atoms with Crippen molar-refractivity contribution in [3.05, 3.63) is 44.9 Å². The maximum atomic E-state index is 12.3. The summed E-state index contributed by atoms with van der Waals surface area (Å²) in [4.78, 5) is 31.0. The first-order valence-corrected chi connectivity index (χ1v) is 9.63. The molecular formula is C18H20ClN3O3S. The molecule has 26 heavy (non-hydrogen) atoms. The number of carbonyl (C=O) groups is 2. The molecule has 8 heteroatoms. The first-order valence-electron chi connectivity index (χ1n) is 8.43. The smallest absolute Gasteiger partial charge is 0.263 e.